The predicted molar refractivity (Wildman–Crippen MR) is 50.4 cm³/mol. The second-order valence-corrected chi connectivity index (χ2v) is 3.73. The molecule has 2 heterocycles. The van der Waals surface area contributed by atoms with Gasteiger partial charge in [-0.2, -0.15) is 0 Å². The Morgan fingerprint density at radius 1 is 1.54 bits per heavy atom. The van der Waals surface area contributed by atoms with Gasteiger partial charge in [0.15, 0.2) is 0 Å². The van der Waals surface area contributed by atoms with E-state index < -0.39 is 0 Å². The number of hydrogen-bond donors (Lipinski definition) is 1. The van der Waals surface area contributed by atoms with Crippen LogP contribution >= 0.6 is 11.3 Å². The molecule has 5 nitrogen and oxygen atoms in total. The van der Waals surface area contributed by atoms with Crippen molar-refractivity contribution in [2.75, 3.05) is 5.73 Å². The number of anilines is 1. The van der Waals surface area contributed by atoms with E-state index in [9.17, 15) is 0 Å². The molecule has 13 heavy (non-hydrogen) atoms. The van der Waals surface area contributed by atoms with Crippen LogP contribution in [-0.2, 0) is 6.54 Å². The molecule has 0 saturated heterocycles. The summed E-state index contributed by atoms with van der Waals surface area (Å²) in [5, 5.41) is 9.07. The molecule has 6 heteroatoms. The molecule has 0 fully saturated rings. The standard InChI is InChI=1S/C7H9N5S/c1-5-9-2-3-12(5)4-6-10-11-7(8)13-6/h2-3H,4H2,1H3,(H2,8,11). The molecule has 0 aliphatic carbocycles. The van der Waals surface area contributed by atoms with Crippen molar-refractivity contribution in [2.45, 2.75) is 13.5 Å². The summed E-state index contributed by atoms with van der Waals surface area (Å²) in [7, 11) is 0. The third kappa shape index (κ3) is 1.67. The van der Waals surface area contributed by atoms with Gasteiger partial charge < -0.3 is 10.3 Å². The van der Waals surface area contributed by atoms with Crippen LogP contribution in [0.15, 0.2) is 12.4 Å². The third-order valence-corrected chi connectivity index (χ3v) is 2.45. The zero-order chi connectivity index (χ0) is 9.26. The lowest BCUT2D eigenvalue weighted by Crippen LogP contribution is -2.00. The van der Waals surface area contributed by atoms with Crippen LogP contribution in [0.25, 0.3) is 0 Å². The van der Waals surface area contributed by atoms with Crippen molar-refractivity contribution in [2.24, 2.45) is 0 Å². The summed E-state index contributed by atoms with van der Waals surface area (Å²) in [5.74, 6) is 0.966. The molecule has 0 radical (unpaired) electrons. The lowest BCUT2D eigenvalue weighted by molar-refractivity contribution is 0.746. The number of rotatable bonds is 2. The van der Waals surface area contributed by atoms with Crippen molar-refractivity contribution in [1.82, 2.24) is 19.7 Å². The first-order valence-corrected chi connectivity index (χ1v) is 4.63. The van der Waals surface area contributed by atoms with Crippen LogP contribution in [-0.4, -0.2) is 19.7 Å². The van der Waals surface area contributed by atoms with E-state index in [2.05, 4.69) is 15.2 Å². The highest BCUT2D eigenvalue weighted by Crippen LogP contribution is 2.12. The Hall–Kier alpha value is -1.43. The third-order valence-electron chi connectivity index (χ3n) is 1.71. The van der Waals surface area contributed by atoms with Gasteiger partial charge in [0.2, 0.25) is 5.13 Å². The molecule has 2 aromatic rings. The molecule has 2 aromatic heterocycles. The zero-order valence-corrected chi connectivity index (χ0v) is 7.95. The summed E-state index contributed by atoms with van der Waals surface area (Å²) in [6.45, 7) is 2.64. The maximum atomic E-state index is 5.47. The number of aryl methyl sites for hydroxylation is 1. The molecule has 0 aliphatic heterocycles. The van der Waals surface area contributed by atoms with Crippen molar-refractivity contribution in [3.05, 3.63) is 23.2 Å². The van der Waals surface area contributed by atoms with E-state index in [0.717, 1.165) is 10.8 Å². The van der Waals surface area contributed by atoms with Crippen LogP contribution in [0, 0.1) is 6.92 Å². The van der Waals surface area contributed by atoms with E-state index >= 15 is 0 Å². The van der Waals surface area contributed by atoms with E-state index in [0.29, 0.717) is 11.7 Å². The van der Waals surface area contributed by atoms with E-state index in [1.807, 2.05) is 17.7 Å². The molecule has 0 aromatic carbocycles. The molecule has 0 aliphatic rings. The van der Waals surface area contributed by atoms with Crippen LogP contribution in [0.2, 0.25) is 0 Å². The highest BCUT2D eigenvalue weighted by Gasteiger charge is 2.03. The van der Waals surface area contributed by atoms with Crippen molar-refractivity contribution >= 4 is 16.5 Å². The van der Waals surface area contributed by atoms with E-state index in [1.54, 1.807) is 6.20 Å². The quantitative estimate of drug-likeness (QED) is 0.764. The maximum Gasteiger partial charge on any atom is 0.203 e. The summed E-state index contributed by atoms with van der Waals surface area (Å²) in [4.78, 5) is 4.11. The average Bonchev–Trinajstić information content (AvgIpc) is 2.64. The van der Waals surface area contributed by atoms with Gasteiger partial charge in [-0.3, -0.25) is 0 Å². The summed E-state index contributed by atoms with van der Waals surface area (Å²) >= 11 is 1.40. The number of imidazole rings is 1. The smallest absolute Gasteiger partial charge is 0.203 e. The molecular formula is C7H9N5S. The molecule has 0 saturated carbocycles. The second-order valence-electron chi connectivity index (χ2n) is 2.64. The summed E-state index contributed by atoms with van der Waals surface area (Å²) in [6.07, 6.45) is 3.67. The average molecular weight is 195 g/mol. The largest absolute Gasteiger partial charge is 0.374 e. The lowest BCUT2D eigenvalue weighted by atomic mass is 10.6. The van der Waals surface area contributed by atoms with Crippen molar-refractivity contribution < 1.29 is 0 Å². The first-order chi connectivity index (χ1) is 6.25. The van der Waals surface area contributed by atoms with Crippen LogP contribution < -0.4 is 5.73 Å². The minimum Gasteiger partial charge on any atom is -0.374 e. The molecular weight excluding hydrogens is 186 g/mol. The molecule has 68 valence electrons. The zero-order valence-electron chi connectivity index (χ0n) is 7.14. The van der Waals surface area contributed by atoms with E-state index in [-0.39, 0.29) is 0 Å². The van der Waals surface area contributed by atoms with Crippen molar-refractivity contribution in [1.29, 1.82) is 0 Å². The maximum absolute atomic E-state index is 5.47. The van der Waals surface area contributed by atoms with Gasteiger partial charge in [0.1, 0.15) is 10.8 Å². The predicted octanol–water partition coefficient (Wildman–Crippen LogP) is 0.674. The number of nitrogen functional groups attached to an aromatic ring is 1. The Kier molecular flexibility index (Phi) is 1.97. The first-order valence-electron chi connectivity index (χ1n) is 3.81. The van der Waals surface area contributed by atoms with Crippen LogP contribution in [0.1, 0.15) is 10.8 Å². The van der Waals surface area contributed by atoms with E-state index in [4.69, 9.17) is 5.73 Å². The highest BCUT2D eigenvalue weighted by atomic mass is 32.1. The fraction of sp³-hybridized carbons (Fsp3) is 0.286. The molecule has 0 amide bonds. The van der Waals surface area contributed by atoms with Gasteiger partial charge in [-0.1, -0.05) is 11.3 Å². The lowest BCUT2D eigenvalue weighted by Gasteiger charge is -1.99. The minimum absolute atomic E-state index is 0.507. The SMILES string of the molecule is Cc1nccn1Cc1nnc(N)s1. The van der Waals surface area contributed by atoms with Crippen LogP contribution in [0.5, 0.6) is 0 Å². The summed E-state index contributed by atoms with van der Waals surface area (Å²) in [6, 6.07) is 0. The Morgan fingerprint density at radius 2 is 2.38 bits per heavy atom. The van der Waals surface area contributed by atoms with Gasteiger partial charge in [0.05, 0.1) is 6.54 Å². The van der Waals surface area contributed by atoms with Gasteiger partial charge >= 0.3 is 0 Å². The number of aromatic nitrogens is 4. The highest BCUT2D eigenvalue weighted by molar-refractivity contribution is 7.15. The van der Waals surface area contributed by atoms with E-state index in [1.165, 1.54) is 11.3 Å². The van der Waals surface area contributed by atoms with Gasteiger partial charge in [-0.25, -0.2) is 4.98 Å². The Morgan fingerprint density at radius 3 is 2.92 bits per heavy atom. The molecule has 0 atom stereocenters. The number of nitrogens with two attached hydrogens (primary N) is 1. The molecule has 0 spiro atoms. The second kappa shape index (κ2) is 3.14. The van der Waals surface area contributed by atoms with Crippen molar-refractivity contribution in [3.8, 4) is 0 Å². The van der Waals surface area contributed by atoms with Gasteiger partial charge in [-0.15, -0.1) is 10.2 Å². The molecule has 2 rings (SSSR count). The van der Waals surface area contributed by atoms with Gasteiger partial charge in [0, 0.05) is 12.4 Å². The molecule has 0 unspecified atom stereocenters. The van der Waals surface area contributed by atoms with Crippen LogP contribution in [0.3, 0.4) is 0 Å². The number of nitrogens with zero attached hydrogens (tertiary/aromatic N) is 4. The van der Waals surface area contributed by atoms with Crippen LogP contribution in [0.4, 0.5) is 5.13 Å². The summed E-state index contributed by atoms with van der Waals surface area (Å²) in [5.41, 5.74) is 5.47. The Balaban J connectivity index is 2.19. The van der Waals surface area contributed by atoms with Crippen molar-refractivity contribution in [3.63, 3.8) is 0 Å². The number of hydrogen-bond acceptors (Lipinski definition) is 5. The normalized spacial score (nSPS) is 10.5. The first kappa shape index (κ1) is 8.18. The Bertz CT molecular complexity index is 404. The summed E-state index contributed by atoms with van der Waals surface area (Å²) < 4.78 is 2.00. The van der Waals surface area contributed by atoms with Gasteiger partial charge in [0.25, 0.3) is 0 Å². The topological polar surface area (TPSA) is 69.6 Å². The molecule has 0 bridgehead atoms. The monoisotopic (exact) mass is 195 g/mol. The van der Waals surface area contributed by atoms with Gasteiger partial charge in [-0.05, 0) is 6.92 Å². The Labute approximate surface area is 79.2 Å². The minimum atomic E-state index is 0.507. The fourth-order valence-electron chi connectivity index (χ4n) is 1.05. The fourth-order valence-corrected chi connectivity index (χ4v) is 1.66. The molecule has 2 N–H and O–H groups in total.